The predicted octanol–water partition coefficient (Wildman–Crippen LogP) is -2.33. The van der Waals surface area contributed by atoms with E-state index in [1.807, 2.05) is 5.32 Å². The molecular weight excluding hydrogens is 1170 g/mol. The van der Waals surface area contributed by atoms with Gasteiger partial charge in [-0.1, -0.05) is 102 Å². The fourth-order valence-corrected chi connectivity index (χ4v) is 8.40. The lowest BCUT2D eigenvalue weighted by Crippen LogP contribution is -2.63. The average Bonchev–Trinajstić information content (AvgIpc) is 3.55. The Labute approximate surface area is 516 Å². The summed E-state index contributed by atoms with van der Waals surface area (Å²) in [5, 5.41) is 74.3. The van der Waals surface area contributed by atoms with Crippen molar-refractivity contribution in [3.05, 3.63) is 71.8 Å². The van der Waals surface area contributed by atoms with E-state index in [1.165, 1.54) is 0 Å². The van der Waals surface area contributed by atoms with Crippen molar-refractivity contribution in [3.63, 3.8) is 0 Å². The Balaban J connectivity index is 2.54. The van der Waals surface area contributed by atoms with Crippen molar-refractivity contribution in [2.24, 2.45) is 34.2 Å². The van der Waals surface area contributed by atoms with Gasteiger partial charge in [0.1, 0.15) is 60.5 Å². The third kappa shape index (κ3) is 28.4. The first-order valence-corrected chi connectivity index (χ1v) is 28.9. The van der Waals surface area contributed by atoms with E-state index in [1.54, 1.807) is 123 Å². The molecule has 19 N–H and O–H groups in total. The number of carbonyl (C=O) groups excluding carboxylic acids is 10. The number of carbonyl (C=O) groups is 11. The zero-order chi connectivity index (χ0) is 67.3. The van der Waals surface area contributed by atoms with Gasteiger partial charge in [-0.2, -0.15) is 0 Å². The van der Waals surface area contributed by atoms with Gasteiger partial charge in [0.25, 0.3) is 0 Å². The zero-order valence-corrected chi connectivity index (χ0v) is 51.9. The van der Waals surface area contributed by atoms with Gasteiger partial charge in [-0.3, -0.25) is 43.3 Å². The number of rotatable bonds is 36. The van der Waals surface area contributed by atoms with Gasteiger partial charge in [0.2, 0.25) is 47.3 Å². The standard InChI is InChI=1S/C58H91N13O18/c1-30(2)24-37(66-53(83)45(46(76)32(5)6)69-52(82)44(71-56(86)88-29-34-18-13-11-14-19-34)43(35-20-15-12-16-21-35)70-57(87)89-58(8,9)10)48(78)64-36(22-17-23-61-55(59)60)47(77)65-38(25-31(3)4)49(79)68-42(33(7)74)51(81)62-26-41(75)63-39(27-72)50(80)67-40(28-73)54(84)85/h11-16,18-21,30-33,36-40,42-46,72-74,76H,17,22-29H2,1-10H3,(H,62,81)(H,63,75)(H,64,78)(H,65,77)(H,66,83)(H,67,80)(H,68,79)(H,69,82)(H,70,87)(H,71,86)(H,84,85)(H4,59,60,61)/t33-,36+,37-,38-,39-,40-,42-,43+,44-,45-,46+/m0/s1. The van der Waals surface area contributed by atoms with Gasteiger partial charge >= 0.3 is 18.2 Å². The zero-order valence-electron chi connectivity index (χ0n) is 51.9. The summed E-state index contributed by atoms with van der Waals surface area (Å²) in [6.07, 6.45) is -5.70. The van der Waals surface area contributed by atoms with Crippen LogP contribution in [0.1, 0.15) is 112 Å². The summed E-state index contributed by atoms with van der Waals surface area (Å²) >= 11 is 0. The lowest BCUT2D eigenvalue weighted by atomic mass is 9.95. The number of aliphatic hydroxyl groups is 4. The third-order valence-electron chi connectivity index (χ3n) is 12.9. The molecule has 31 heteroatoms. The highest BCUT2D eigenvalue weighted by Gasteiger charge is 2.41. The number of carboxylic acids is 1. The molecule has 0 saturated heterocycles. The summed E-state index contributed by atoms with van der Waals surface area (Å²) < 4.78 is 11.0. The van der Waals surface area contributed by atoms with Gasteiger partial charge in [0.15, 0.2) is 5.96 Å². The van der Waals surface area contributed by atoms with Crippen molar-refractivity contribution in [1.82, 2.24) is 53.2 Å². The highest BCUT2D eigenvalue weighted by atomic mass is 16.6. The lowest BCUT2D eigenvalue weighted by molar-refractivity contribution is -0.143. The van der Waals surface area contributed by atoms with Crippen LogP contribution in [-0.4, -0.2) is 189 Å². The van der Waals surface area contributed by atoms with Crippen LogP contribution in [-0.2, 0) is 59.2 Å². The van der Waals surface area contributed by atoms with Gasteiger partial charge in [0, 0.05) is 6.54 Å². The van der Waals surface area contributed by atoms with Crippen molar-refractivity contribution < 1.29 is 87.7 Å². The number of amides is 10. The van der Waals surface area contributed by atoms with Crippen LogP contribution in [0.4, 0.5) is 9.59 Å². The highest BCUT2D eigenvalue weighted by molar-refractivity contribution is 5.98. The first-order valence-electron chi connectivity index (χ1n) is 28.9. The normalized spacial score (nSPS) is 15.0. The molecule has 31 nitrogen and oxygen atoms in total. The number of aliphatic imine (C=N–C) groups is 1. The fraction of sp³-hybridized carbons (Fsp3) is 0.586. The molecule has 0 fully saturated rings. The molecule has 0 heterocycles. The molecule has 0 spiro atoms. The largest absolute Gasteiger partial charge is 0.480 e. The Morgan fingerprint density at radius 3 is 1.54 bits per heavy atom. The minimum atomic E-state index is -1.86. The van der Waals surface area contributed by atoms with Crippen LogP contribution < -0.4 is 64.6 Å². The SMILES string of the molecule is CC(C)C[C@H](NC(=O)[C@@H](NC(=O)[C@@H](NC(=O)OCc1ccccc1)[C@H](NC(=O)OC(C)(C)C)c1ccccc1)[C@H](O)C(C)C)C(=O)N[C@H](CCCN=C(N)N)C(=O)N[C@@H](CC(C)C)C(=O)N[C@H](C(=O)NCC(=O)N[C@@H](CO)C(=O)N[C@@H](CO)C(=O)O)[C@H](C)O. The summed E-state index contributed by atoms with van der Waals surface area (Å²) in [5.74, 6) is -11.8. The Hall–Kier alpha value is -8.68. The maximum absolute atomic E-state index is 14.8. The van der Waals surface area contributed by atoms with Crippen LogP contribution in [0.25, 0.3) is 0 Å². The molecule has 2 aromatic carbocycles. The molecule has 0 aliphatic carbocycles. The summed E-state index contributed by atoms with van der Waals surface area (Å²) in [6, 6.07) is 1.84. The van der Waals surface area contributed by atoms with Gasteiger partial charge in [-0.05, 0) is 82.3 Å². The number of alkyl carbamates (subject to hydrolysis) is 2. The summed E-state index contributed by atoms with van der Waals surface area (Å²) in [5.41, 5.74) is 11.0. The number of aliphatic carboxylic acids is 1. The number of nitrogens with one attached hydrogen (secondary N) is 10. The number of carboxylic acid groups (broad SMARTS) is 1. The van der Waals surface area contributed by atoms with Crippen molar-refractivity contribution in [1.29, 1.82) is 0 Å². The van der Waals surface area contributed by atoms with Crippen LogP contribution >= 0.6 is 0 Å². The van der Waals surface area contributed by atoms with E-state index in [2.05, 4.69) is 52.8 Å². The number of benzene rings is 2. The molecule has 0 aromatic heterocycles. The van der Waals surface area contributed by atoms with E-state index in [4.69, 9.17) is 26.0 Å². The van der Waals surface area contributed by atoms with Crippen LogP contribution in [0.15, 0.2) is 65.7 Å². The van der Waals surface area contributed by atoms with Crippen LogP contribution in [0.3, 0.4) is 0 Å². The third-order valence-corrected chi connectivity index (χ3v) is 12.9. The number of hydrogen-bond donors (Lipinski definition) is 17. The molecule has 0 radical (unpaired) electrons. The van der Waals surface area contributed by atoms with Crippen molar-refractivity contribution in [2.45, 2.75) is 174 Å². The molecule has 0 bridgehead atoms. The lowest BCUT2D eigenvalue weighted by Gasteiger charge is -2.33. The van der Waals surface area contributed by atoms with Crippen molar-refractivity contribution in [3.8, 4) is 0 Å². The minimum Gasteiger partial charge on any atom is -0.480 e. The number of hydrogen-bond acceptors (Lipinski definition) is 18. The Morgan fingerprint density at radius 2 is 1.03 bits per heavy atom. The highest BCUT2D eigenvalue weighted by Crippen LogP contribution is 2.21. The molecule has 0 aliphatic rings. The van der Waals surface area contributed by atoms with E-state index >= 15 is 0 Å². The Morgan fingerprint density at radius 1 is 0.551 bits per heavy atom. The number of guanidine groups is 1. The smallest absolute Gasteiger partial charge is 0.408 e. The van der Waals surface area contributed by atoms with Crippen molar-refractivity contribution >= 4 is 71.4 Å². The summed E-state index contributed by atoms with van der Waals surface area (Å²) in [4.78, 5) is 153. The molecule has 89 heavy (non-hydrogen) atoms. The quantitative estimate of drug-likeness (QED) is 0.0193. The molecule has 496 valence electrons. The number of ether oxygens (including phenoxy) is 2. The second-order valence-corrected chi connectivity index (χ2v) is 23.2. The van der Waals surface area contributed by atoms with Crippen LogP contribution in [0.2, 0.25) is 0 Å². The van der Waals surface area contributed by atoms with Gasteiger partial charge in [-0.25, -0.2) is 14.4 Å². The van der Waals surface area contributed by atoms with E-state index in [-0.39, 0.29) is 56.6 Å². The number of nitrogens with zero attached hydrogens (tertiary/aromatic N) is 1. The Kier molecular flexibility index (Phi) is 32.5. The minimum absolute atomic E-state index is 0.0382. The molecule has 11 atom stereocenters. The number of nitrogens with two attached hydrogens (primary N) is 2. The van der Waals surface area contributed by atoms with E-state index in [0.29, 0.717) is 11.1 Å². The Bertz CT molecular complexity index is 2690. The fourth-order valence-electron chi connectivity index (χ4n) is 8.40. The topological polar surface area (TPSA) is 492 Å². The molecule has 10 amide bonds. The molecule has 0 unspecified atom stereocenters. The van der Waals surface area contributed by atoms with Gasteiger partial charge in [0.05, 0.1) is 38.0 Å². The van der Waals surface area contributed by atoms with E-state index in [9.17, 15) is 73.2 Å². The van der Waals surface area contributed by atoms with Crippen molar-refractivity contribution in [2.75, 3.05) is 26.3 Å². The molecule has 0 saturated carbocycles. The molecule has 2 rings (SSSR count). The maximum Gasteiger partial charge on any atom is 0.408 e. The first-order chi connectivity index (χ1) is 41.7. The summed E-state index contributed by atoms with van der Waals surface area (Å²) in [6.45, 7) is 12.7. The predicted molar refractivity (Wildman–Crippen MR) is 322 cm³/mol. The second-order valence-electron chi connectivity index (χ2n) is 23.2. The first kappa shape index (κ1) is 76.4. The summed E-state index contributed by atoms with van der Waals surface area (Å²) in [7, 11) is 0. The molecular formula is C58H91N13O18. The van der Waals surface area contributed by atoms with E-state index < -0.39 is 163 Å². The second kappa shape index (κ2) is 37.9. The monoisotopic (exact) mass is 1260 g/mol. The maximum atomic E-state index is 14.8. The molecule has 0 aliphatic heterocycles. The van der Waals surface area contributed by atoms with E-state index in [0.717, 1.165) is 6.92 Å². The van der Waals surface area contributed by atoms with Crippen LogP contribution in [0.5, 0.6) is 0 Å². The van der Waals surface area contributed by atoms with Crippen LogP contribution in [0, 0.1) is 17.8 Å². The van der Waals surface area contributed by atoms with Gasteiger partial charge < -0.3 is 99.6 Å². The average molecular weight is 1260 g/mol. The van der Waals surface area contributed by atoms with Gasteiger partial charge in [-0.15, -0.1) is 0 Å². The number of aliphatic hydroxyl groups excluding tert-OH is 4. The molecule has 2 aromatic rings.